The molecule has 1 aliphatic heterocycles. The largest absolute Gasteiger partial charge is 0.214 e. The van der Waals surface area contributed by atoms with E-state index in [1.807, 2.05) is 6.92 Å². The van der Waals surface area contributed by atoms with Crippen LogP contribution in [0.3, 0.4) is 0 Å². The molecule has 0 amide bonds. The van der Waals surface area contributed by atoms with Gasteiger partial charge in [0.25, 0.3) is 0 Å². The fourth-order valence-electron chi connectivity index (χ4n) is 2.43. The Morgan fingerprint density at radius 3 is 2.23 bits per heavy atom. The first-order valence-electron chi connectivity index (χ1n) is 5.18. The Morgan fingerprint density at radius 2 is 1.77 bits per heavy atom. The minimum Gasteiger partial charge on any atom is -0.212 e. The van der Waals surface area contributed by atoms with Crippen molar-refractivity contribution >= 4 is 10.0 Å². The van der Waals surface area contributed by atoms with Crippen molar-refractivity contribution in [2.75, 3.05) is 5.75 Å². The van der Waals surface area contributed by atoms with Crippen molar-refractivity contribution in [1.29, 1.82) is 0 Å². The molecule has 2 aliphatic rings. The molecule has 1 saturated heterocycles. The Balaban J connectivity index is 2.03. The number of fused-ring (bicyclic) bond motifs is 1. The second kappa shape index (κ2) is 3.24. The molecule has 0 aromatic rings. The molecule has 2 atom stereocenters. The first-order chi connectivity index (χ1) is 6.17. The van der Waals surface area contributed by atoms with E-state index in [1.165, 1.54) is 12.8 Å². The SMILES string of the molecule is CCCS(=O)(=O)N1[C@@H]2CCCC[C@H]21. The molecule has 0 radical (unpaired) electrons. The Hall–Kier alpha value is -0.0900. The number of rotatable bonds is 3. The fraction of sp³-hybridized carbons (Fsp3) is 1.00. The summed E-state index contributed by atoms with van der Waals surface area (Å²) in [5.74, 6) is 0.333. The van der Waals surface area contributed by atoms with Gasteiger partial charge in [0.15, 0.2) is 0 Å². The van der Waals surface area contributed by atoms with Crippen molar-refractivity contribution in [3.8, 4) is 0 Å². The maximum atomic E-state index is 11.7. The van der Waals surface area contributed by atoms with Gasteiger partial charge < -0.3 is 0 Å². The van der Waals surface area contributed by atoms with Gasteiger partial charge in [0.2, 0.25) is 10.0 Å². The summed E-state index contributed by atoms with van der Waals surface area (Å²) in [6.07, 6.45) is 5.33. The van der Waals surface area contributed by atoms with Gasteiger partial charge >= 0.3 is 0 Å². The van der Waals surface area contributed by atoms with E-state index in [-0.39, 0.29) is 0 Å². The topological polar surface area (TPSA) is 37.1 Å². The highest BCUT2D eigenvalue weighted by Crippen LogP contribution is 2.42. The van der Waals surface area contributed by atoms with Gasteiger partial charge in [-0.3, -0.25) is 0 Å². The smallest absolute Gasteiger partial charge is 0.212 e. The third-order valence-electron chi connectivity index (χ3n) is 3.04. The van der Waals surface area contributed by atoms with Gasteiger partial charge in [-0.25, -0.2) is 8.42 Å². The highest BCUT2D eigenvalue weighted by Gasteiger charge is 2.54. The summed E-state index contributed by atoms with van der Waals surface area (Å²) in [6.45, 7) is 1.92. The van der Waals surface area contributed by atoms with E-state index in [4.69, 9.17) is 0 Å². The number of nitrogens with zero attached hydrogens (tertiary/aromatic N) is 1. The predicted molar refractivity (Wildman–Crippen MR) is 52.0 cm³/mol. The summed E-state index contributed by atoms with van der Waals surface area (Å²) in [4.78, 5) is 0. The lowest BCUT2D eigenvalue weighted by Crippen LogP contribution is -2.18. The summed E-state index contributed by atoms with van der Waals surface area (Å²) in [6, 6.07) is 0.760. The van der Waals surface area contributed by atoms with E-state index in [1.54, 1.807) is 4.31 Å². The van der Waals surface area contributed by atoms with Crippen LogP contribution in [0.4, 0.5) is 0 Å². The molecule has 1 aliphatic carbocycles. The maximum Gasteiger partial charge on any atom is 0.214 e. The maximum absolute atomic E-state index is 11.7. The molecule has 13 heavy (non-hydrogen) atoms. The standard InChI is InChI=1S/C9H17NO2S/c1-2-7-13(11,12)10-8-5-3-4-6-9(8)10/h8-9H,2-7H2,1H3/t8-,9-/m1/s1. The molecule has 2 rings (SSSR count). The quantitative estimate of drug-likeness (QED) is 0.649. The van der Waals surface area contributed by atoms with E-state index in [2.05, 4.69) is 0 Å². The van der Waals surface area contributed by atoms with E-state index < -0.39 is 10.0 Å². The predicted octanol–water partition coefficient (Wildman–Crippen LogP) is 1.35. The average Bonchev–Trinajstić information content (AvgIpc) is 2.77. The Bertz CT molecular complexity index is 274. The average molecular weight is 203 g/mol. The lowest BCUT2D eigenvalue weighted by molar-refractivity contribution is 0.543. The van der Waals surface area contributed by atoms with Crippen LogP contribution in [0.1, 0.15) is 39.0 Å². The number of hydrogen-bond acceptors (Lipinski definition) is 2. The van der Waals surface area contributed by atoms with Crippen molar-refractivity contribution < 1.29 is 8.42 Å². The van der Waals surface area contributed by atoms with Gasteiger partial charge in [0.05, 0.1) is 5.75 Å². The van der Waals surface area contributed by atoms with Crippen LogP contribution in [0, 0.1) is 0 Å². The van der Waals surface area contributed by atoms with Crippen LogP contribution in [0.25, 0.3) is 0 Å². The molecule has 0 aromatic carbocycles. The molecule has 1 saturated carbocycles. The molecule has 3 nitrogen and oxygen atoms in total. The lowest BCUT2D eigenvalue weighted by Gasteiger charge is -2.02. The van der Waals surface area contributed by atoms with Gasteiger partial charge in [0.1, 0.15) is 0 Å². The van der Waals surface area contributed by atoms with Gasteiger partial charge in [-0.15, -0.1) is 0 Å². The zero-order valence-electron chi connectivity index (χ0n) is 8.07. The first kappa shape index (κ1) is 9.46. The second-order valence-electron chi connectivity index (χ2n) is 4.07. The van der Waals surface area contributed by atoms with Crippen LogP contribution in [0.2, 0.25) is 0 Å². The highest BCUT2D eigenvalue weighted by atomic mass is 32.2. The third-order valence-corrected chi connectivity index (χ3v) is 5.15. The zero-order valence-corrected chi connectivity index (χ0v) is 8.89. The summed E-state index contributed by atoms with van der Waals surface area (Å²) < 4.78 is 25.1. The highest BCUT2D eigenvalue weighted by molar-refractivity contribution is 7.89. The second-order valence-corrected chi connectivity index (χ2v) is 6.06. The van der Waals surface area contributed by atoms with Gasteiger partial charge in [0, 0.05) is 12.1 Å². The molecule has 76 valence electrons. The molecule has 0 unspecified atom stereocenters. The van der Waals surface area contributed by atoms with Crippen LogP contribution in [-0.2, 0) is 10.0 Å². The van der Waals surface area contributed by atoms with Crippen molar-refractivity contribution in [1.82, 2.24) is 4.31 Å². The minimum absolute atomic E-state index is 0.333. The van der Waals surface area contributed by atoms with Gasteiger partial charge in [-0.2, -0.15) is 4.31 Å². The van der Waals surface area contributed by atoms with E-state index in [0.717, 1.165) is 19.3 Å². The molecular weight excluding hydrogens is 186 g/mol. The Labute approximate surface area is 80.2 Å². The molecule has 2 fully saturated rings. The van der Waals surface area contributed by atoms with Crippen LogP contribution in [0.5, 0.6) is 0 Å². The van der Waals surface area contributed by atoms with Crippen molar-refractivity contribution in [3.63, 3.8) is 0 Å². The Kier molecular flexibility index (Phi) is 2.36. The Morgan fingerprint density at radius 1 is 1.23 bits per heavy atom. The number of hydrogen-bond donors (Lipinski definition) is 0. The molecule has 0 bridgehead atoms. The summed E-state index contributed by atoms with van der Waals surface area (Å²) >= 11 is 0. The van der Waals surface area contributed by atoms with Crippen LogP contribution in [0.15, 0.2) is 0 Å². The van der Waals surface area contributed by atoms with Crippen molar-refractivity contribution in [3.05, 3.63) is 0 Å². The first-order valence-corrected chi connectivity index (χ1v) is 6.79. The molecule has 4 heteroatoms. The third kappa shape index (κ3) is 1.62. The van der Waals surface area contributed by atoms with E-state index >= 15 is 0 Å². The van der Waals surface area contributed by atoms with E-state index in [0.29, 0.717) is 17.8 Å². The zero-order chi connectivity index (χ0) is 9.47. The lowest BCUT2D eigenvalue weighted by atomic mass is 10.0. The molecule has 0 aromatic heterocycles. The summed E-state index contributed by atoms with van der Waals surface area (Å²) in [5.41, 5.74) is 0. The van der Waals surface area contributed by atoms with Gasteiger partial charge in [-0.05, 0) is 19.3 Å². The summed E-state index contributed by atoms with van der Waals surface area (Å²) in [5, 5.41) is 0. The molecule has 1 heterocycles. The molecular formula is C9H17NO2S. The monoisotopic (exact) mass is 203 g/mol. The van der Waals surface area contributed by atoms with Crippen molar-refractivity contribution in [2.24, 2.45) is 0 Å². The van der Waals surface area contributed by atoms with Crippen LogP contribution >= 0.6 is 0 Å². The van der Waals surface area contributed by atoms with Crippen molar-refractivity contribution in [2.45, 2.75) is 51.1 Å². The molecule has 0 spiro atoms. The van der Waals surface area contributed by atoms with Crippen LogP contribution < -0.4 is 0 Å². The van der Waals surface area contributed by atoms with E-state index in [9.17, 15) is 8.42 Å². The molecule has 0 N–H and O–H groups in total. The van der Waals surface area contributed by atoms with Crippen LogP contribution in [-0.4, -0.2) is 30.6 Å². The minimum atomic E-state index is -2.89. The number of sulfonamides is 1. The fourth-order valence-corrected chi connectivity index (χ4v) is 4.42. The van der Waals surface area contributed by atoms with Gasteiger partial charge in [-0.1, -0.05) is 19.8 Å². The normalized spacial score (nSPS) is 38.4. The summed E-state index contributed by atoms with van der Waals surface area (Å²) in [7, 11) is -2.89.